The van der Waals surface area contributed by atoms with Crippen LogP contribution in [0.15, 0.2) is 18.2 Å². The topological polar surface area (TPSA) is 64.3 Å². The zero-order valence-corrected chi connectivity index (χ0v) is 11.9. The van der Waals surface area contributed by atoms with E-state index in [4.69, 9.17) is 22.1 Å². The highest BCUT2D eigenvalue weighted by atomic mass is 35.5. The van der Waals surface area contributed by atoms with Crippen molar-refractivity contribution < 1.29 is 13.9 Å². The van der Waals surface area contributed by atoms with E-state index in [1.165, 1.54) is 18.2 Å². The number of carbonyl (C=O) groups is 1. The van der Waals surface area contributed by atoms with Gasteiger partial charge in [-0.05, 0) is 44.5 Å². The maximum absolute atomic E-state index is 13.2. The molecule has 0 spiro atoms. The summed E-state index contributed by atoms with van der Waals surface area (Å²) in [6.07, 6.45) is -0.622. The first-order valence-corrected chi connectivity index (χ1v) is 6.25. The lowest BCUT2D eigenvalue weighted by molar-refractivity contribution is 0.0505. The van der Waals surface area contributed by atoms with Crippen LogP contribution >= 0.6 is 11.6 Å². The fourth-order valence-corrected chi connectivity index (χ4v) is 1.74. The van der Waals surface area contributed by atoms with Crippen molar-refractivity contribution in [2.45, 2.75) is 32.4 Å². The van der Waals surface area contributed by atoms with E-state index in [-0.39, 0.29) is 6.54 Å². The zero-order chi connectivity index (χ0) is 14.6. The van der Waals surface area contributed by atoms with E-state index in [9.17, 15) is 9.18 Å². The van der Waals surface area contributed by atoms with E-state index in [1.54, 1.807) is 20.8 Å². The Labute approximate surface area is 117 Å². The van der Waals surface area contributed by atoms with Crippen LogP contribution < -0.4 is 11.1 Å². The highest BCUT2D eigenvalue weighted by Gasteiger charge is 2.21. The van der Waals surface area contributed by atoms with Gasteiger partial charge in [0.1, 0.15) is 11.4 Å². The number of amides is 1. The molecular formula is C13H18ClFN2O2. The van der Waals surface area contributed by atoms with Crippen molar-refractivity contribution in [1.82, 2.24) is 5.32 Å². The highest BCUT2D eigenvalue weighted by Crippen LogP contribution is 2.23. The fourth-order valence-electron chi connectivity index (χ4n) is 1.50. The SMILES string of the molecule is CC(C)(C)OC(=O)NC(CN)c1cc(F)ccc1Cl. The van der Waals surface area contributed by atoms with Gasteiger partial charge in [-0.3, -0.25) is 0 Å². The highest BCUT2D eigenvalue weighted by molar-refractivity contribution is 6.31. The molecule has 1 atom stereocenters. The van der Waals surface area contributed by atoms with Crippen molar-refractivity contribution in [1.29, 1.82) is 0 Å². The number of hydrogen-bond acceptors (Lipinski definition) is 3. The summed E-state index contributed by atoms with van der Waals surface area (Å²) in [5.41, 5.74) is 5.39. The van der Waals surface area contributed by atoms with Crippen LogP contribution in [0.4, 0.5) is 9.18 Å². The van der Waals surface area contributed by atoms with Crippen molar-refractivity contribution in [2.24, 2.45) is 5.73 Å². The van der Waals surface area contributed by atoms with E-state index in [2.05, 4.69) is 5.32 Å². The van der Waals surface area contributed by atoms with Gasteiger partial charge in [0.2, 0.25) is 0 Å². The van der Waals surface area contributed by atoms with Crippen LogP contribution in [0.25, 0.3) is 0 Å². The number of alkyl carbamates (subject to hydrolysis) is 1. The monoisotopic (exact) mass is 288 g/mol. The molecule has 1 rings (SSSR count). The average Bonchev–Trinajstić information content (AvgIpc) is 2.27. The summed E-state index contributed by atoms with van der Waals surface area (Å²) in [6.45, 7) is 5.33. The number of nitrogens with two attached hydrogens (primary N) is 1. The molecule has 0 radical (unpaired) electrons. The predicted molar refractivity (Wildman–Crippen MR) is 72.6 cm³/mol. The molecule has 0 saturated heterocycles. The third-order valence-corrected chi connectivity index (χ3v) is 2.60. The van der Waals surface area contributed by atoms with Crippen molar-refractivity contribution in [3.63, 3.8) is 0 Å². The van der Waals surface area contributed by atoms with Crippen LogP contribution in [0, 0.1) is 5.82 Å². The molecule has 0 aliphatic rings. The summed E-state index contributed by atoms with van der Waals surface area (Å²) in [5.74, 6) is -0.441. The summed E-state index contributed by atoms with van der Waals surface area (Å²) in [5, 5.41) is 2.91. The number of halogens is 2. The standard InChI is InChI=1S/C13H18ClFN2O2/c1-13(2,3)19-12(18)17-11(7-16)9-6-8(15)4-5-10(9)14/h4-6,11H,7,16H2,1-3H3,(H,17,18). The molecule has 19 heavy (non-hydrogen) atoms. The molecule has 1 unspecified atom stereocenters. The number of rotatable bonds is 3. The molecule has 0 saturated carbocycles. The van der Waals surface area contributed by atoms with Crippen LogP contribution in [0.1, 0.15) is 32.4 Å². The molecule has 1 amide bonds. The minimum atomic E-state index is -0.622. The minimum Gasteiger partial charge on any atom is -0.444 e. The first-order chi connectivity index (χ1) is 8.73. The summed E-state index contributed by atoms with van der Waals surface area (Å²) >= 11 is 5.97. The van der Waals surface area contributed by atoms with Crippen molar-refractivity contribution >= 4 is 17.7 Å². The zero-order valence-electron chi connectivity index (χ0n) is 11.2. The lowest BCUT2D eigenvalue weighted by Gasteiger charge is -2.23. The molecule has 0 bridgehead atoms. The molecule has 3 N–H and O–H groups in total. The molecular weight excluding hydrogens is 271 g/mol. The number of carbonyl (C=O) groups excluding carboxylic acids is 1. The quantitative estimate of drug-likeness (QED) is 0.898. The first kappa shape index (κ1) is 15.7. The largest absolute Gasteiger partial charge is 0.444 e. The van der Waals surface area contributed by atoms with E-state index in [0.717, 1.165) is 0 Å². The minimum absolute atomic E-state index is 0.0857. The Hall–Kier alpha value is -1.33. The Morgan fingerprint density at radius 2 is 2.16 bits per heavy atom. The van der Waals surface area contributed by atoms with Gasteiger partial charge in [0.05, 0.1) is 6.04 Å². The van der Waals surface area contributed by atoms with E-state index >= 15 is 0 Å². The van der Waals surface area contributed by atoms with Gasteiger partial charge < -0.3 is 15.8 Å². The van der Waals surface area contributed by atoms with Gasteiger partial charge in [0, 0.05) is 11.6 Å². The molecule has 1 aromatic carbocycles. The van der Waals surface area contributed by atoms with Gasteiger partial charge in [-0.15, -0.1) is 0 Å². The Morgan fingerprint density at radius 3 is 2.68 bits per heavy atom. The van der Waals surface area contributed by atoms with E-state index in [0.29, 0.717) is 10.6 Å². The number of hydrogen-bond donors (Lipinski definition) is 2. The molecule has 0 heterocycles. The number of benzene rings is 1. The normalized spacial score (nSPS) is 12.9. The van der Waals surface area contributed by atoms with Crippen LogP contribution in [-0.4, -0.2) is 18.2 Å². The van der Waals surface area contributed by atoms with E-state index in [1.807, 2.05) is 0 Å². The lowest BCUT2D eigenvalue weighted by atomic mass is 10.1. The summed E-state index contributed by atoms with van der Waals surface area (Å²) in [7, 11) is 0. The van der Waals surface area contributed by atoms with Crippen molar-refractivity contribution in [3.8, 4) is 0 Å². The Morgan fingerprint density at radius 1 is 1.53 bits per heavy atom. The molecule has 0 aromatic heterocycles. The Balaban J connectivity index is 2.84. The predicted octanol–water partition coefficient (Wildman–Crippen LogP) is 3.00. The van der Waals surface area contributed by atoms with Gasteiger partial charge in [0.25, 0.3) is 0 Å². The number of ether oxygens (including phenoxy) is 1. The van der Waals surface area contributed by atoms with Crippen LogP contribution in [0.3, 0.4) is 0 Å². The fraction of sp³-hybridized carbons (Fsp3) is 0.462. The molecule has 0 aliphatic heterocycles. The second-order valence-electron chi connectivity index (χ2n) is 5.10. The summed E-state index contributed by atoms with van der Waals surface area (Å²) < 4.78 is 18.3. The van der Waals surface area contributed by atoms with Crippen LogP contribution in [0.5, 0.6) is 0 Å². The third-order valence-electron chi connectivity index (χ3n) is 2.26. The lowest BCUT2D eigenvalue weighted by Crippen LogP contribution is -2.37. The maximum Gasteiger partial charge on any atom is 0.408 e. The van der Waals surface area contributed by atoms with Crippen LogP contribution in [-0.2, 0) is 4.74 Å². The molecule has 4 nitrogen and oxygen atoms in total. The smallest absolute Gasteiger partial charge is 0.408 e. The van der Waals surface area contributed by atoms with Crippen molar-refractivity contribution in [2.75, 3.05) is 6.54 Å². The molecule has 106 valence electrons. The second-order valence-corrected chi connectivity index (χ2v) is 5.51. The van der Waals surface area contributed by atoms with Gasteiger partial charge in [-0.1, -0.05) is 11.6 Å². The first-order valence-electron chi connectivity index (χ1n) is 5.87. The molecule has 1 aromatic rings. The van der Waals surface area contributed by atoms with Gasteiger partial charge >= 0.3 is 6.09 Å². The van der Waals surface area contributed by atoms with E-state index < -0.39 is 23.6 Å². The maximum atomic E-state index is 13.2. The summed E-state index contributed by atoms with van der Waals surface area (Å²) in [6, 6.07) is 3.31. The van der Waals surface area contributed by atoms with Crippen molar-refractivity contribution in [3.05, 3.63) is 34.6 Å². The van der Waals surface area contributed by atoms with Gasteiger partial charge in [0.15, 0.2) is 0 Å². The number of nitrogens with one attached hydrogen (secondary N) is 1. The second kappa shape index (κ2) is 6.21. The molecule has 0 fully saturated rings. The van der Waals surface area contributed by atoms with Gasteiger partial charge in [-0.25, -0.2) is 9.18 Å². The average molecular weight is 289 g/mol. The summed E-state index contributed by atoms with van der Waals surface area (Å²) in [4.78, 5) is 11.7. The molecule has 0 aliphatic carbocycles. The Bertz CT molecular complexity index is 460. The third kappa shape index (κ3) is 5.04. The van der Waals surface area contributed by atoms with Crippen LogP contribution in [0.2, 0.25) is 5.02 Å². The Kier molecular flexibility index (Phi) is 5.14. The molecule has 6 heteroatoms. The van der Waals surface area contributed by atoms with Gasteiger partial charge in [-0.2, -0.15) is 0 Å².